The first kappa shape index (κ1) is 62.1. The topological polar surface area (TPSA) is 25.3 Å². The van der Waals surface area contributed by atoms with Crippen molar-refractivity contribution in [1.82, 2.24) is 0 Å². The molecule has 392 valence electrons. The van der Waals surface area contributed by atoms with Crippen LogP contribution in [0.25, 0.3) is 16.9 Å². The molecule has 3 rings (SSSR count). The van der Waals surface area contributed by atoms with Crippen LogP contribution in [-0.2, 0) is 40.1 Å². The van der Waals surface area contributed by atoms with Gasteiger partial charge >= 0.3 is 166 Å². The predicted molar refractivity (Wildman–Crippen MR) is 302 cm³/mol. The molecule has 3 heteroatoms. The van der Waals surface area contributed by atoms with Gasteiger partial charge in [-0.05, 0) is 97.9 Å². The molecule has 2 aromatic carbocycles. The van der Waals surface area contributed by atoms with Gasteiger partial charge in [-0.3, -0.25) is 0 Å². The summed E-state index contributed by atoms with van der Waals surface area (Å²) in [5.41, 5.74) is 22.6. The molecule has 0 spiro atoms. The van der Waals surface area contributed by atoms with Crippen molar-refractivity contribution in [2.75, 3.05) is 0 Å². The van der Waals surface area contributed by atoms with E-state index in [0.29, 0.717) is 0 Å². The molecule has 0 fully saturated rings. The third-order valence-corrected chi connectivity index (χ3v) is 15.8. The minimum absolute atomic E-state index is 0.927. The predicted octanol–water partition coefficient (Wildman–Crippen LogP) is 22.7. The molecule has 0 radical (unpaired) electrons. The van der Waals surface area contributed by atoms with Gasteiger partial charge in [0, 0.05) is 22.8 Å². The molecular formula is C65H112N2Ni. The third-order valence-electron chi connectivity index (χ3n) is 14.4. The number of rotatable bonds is 44. The van der Waals surface area contributed by atoms with Crippen molar-refractivity contribution in [2.45, 2.75) is 316 Å². The van der Waals surface area contributed by atoms with E-state index >= 15 is 0 Å². The van der Waals surface area contributed by atoms with Gasteiger partial charge < -0.3 is 5.53 Å². The Morgan fingerprint density at radius 2 is 0.662 bits per heavy atom. The van der Waals surface area contributed by atoms with Crippen LogP contribution in [0.15, 0.2) is 48.0 Å². The number of hydrogen-bond donors (Lipinski definition) is 0. The molecule has 0 atom stereocenters. The Labute approximate surface area is 431 Å². The molecule has 2 aromatic rings. The Balaban J connectivity index is 0.000000468. The number of aryl methyl sites for hydroxylation is 4. The van der Waals surface area contributed by atoms with E-state index in [1.165, 1.54) is 262 Å². The number of benzene rings is 2. The van der Waals surface area contributed by atoms with Gasteiger partial charge in [0.05, 0.1) is 0 Å². The van der Waals surface area contributed by atoms with Gasteiger partial charge in [-0.1, -0.05) is 125 Å². The Hall–Kier alpha value is -1.99. The molecule has 0 aromatic heterocycles. The van der Waals surface area contributed by atoms with Crippen LogP contribution in [-0.4, -0.2) is 4.70 Å². The van der Waals surface area contributed by atoms with Crippen LogP contribution >= 0.6 is 0 Å². The first-order chi connectivity index (χ1) is 33.5. The van der Waals surface area contributed by atoms with Crippen LogP contribution in [0.1, 0.15) is 313 Å². The number of hydrogen-bond acceptors (Lipinski definition) is 0. The third kappa shape index (κ3) is 29.4. The van der Waals surface area contributed by atoms with Crippen LogP contribution < -0.4 is 0 Å². The maximum absolute atomic E-state index is 11.7. The number of allylic oxidation sites excluding steroid dienone is 2. The van der Waals surface area contributed by atoms with Crippen LogP contribution in [0.5, 0.6) is 0 Å². The average Bonchev–Trinajstić information content (AvgIpc) is 3.69. The minimum Gasteiger partial charge on any atom is -0.0654 e. The van der Waals surface area contributed by atoms with E-state index in [1.54, 1.807) is 0 Å². The molecule has 0 unspecified atom stereocenters. The second-order valence-electron chi connectivity index (χ2n) is 20.8. The molecule has 1 aliphatic rings. The van der Waals surface area contributed by atoms with Gasteiger partial charge in [-0.25, -0.2) is 4.70 Å². The molecule has 1 heterocycles. The molecule has 0 aliphatic carbocycles. The molecule has 68 heavy (non-hydrogen) atoms. The van der Waals surface area contributed by atoms with E-state index in [2.05, 4.69) is 90.9 Å². The van der Waals surface area contributed by atoms with Crippen molar-refractivity contribution < 1.29 is 19.1 Å². The van der Waals surface area contributed by atoms with Gasteiger partial charge in [0.1, 0.15) is 0 Å². The van der Waals surface area contributed by atoms with Crippen LogP contribution in [0.2, 0.25) is 10.8 Å². The first-order valence-corrected chi connectivity index (χ1v) is 31.5. The van der Waals surface area contributed by atoms with E-state index in [0.717, 1.165) is 61.0 Å². The minimum atomic E-state index is 0.927. The zero-order chi connectivity index (χ0) is 49.1. The number of nitrogens with zero attached hydrogens (tertiary/aromatic N) is 2. The summed E-state index contributed by atoms with van der Waals surface area (Å²) in [7, 11) is 0. The Morgan fingerprint density at radius 1 is 0.338 bits per heavy atom. The molecule has 0 amide bonds. The quantitative estimate of drug-likeness (QED) is 0.0359. The Morgan fingerprint density at radius 3 is 1.04 bits per heavy atom. The summed E-state index contributed by atoms with van der Waals surface area (Å²) in [6.07, 6.45) is 57.1. The van der Waals surface area contributed by atoms with E-state index in [9.17, 15) is 5.53 Å². The summed E-state index contributed by atoms with van der Waals surface area (Å²) in [6.45, 7) is 15.8. The molecule has 2 nitrogen and oxygen atoms in total. The van der Waals surface area contributed by atoms with Gasteiger partial charge in [0.25, 0.3) is 0 Å². The van der Waals surface area contributed by atoms with Crippen molar-refractivity contribution in [3.63, 3.8) is 0 Å². The molecule has 0 N–H and O–H groups in total. The van der Waals surface area contributed by atoms with E-state index < -0.39 is 0 Å². The molecule has 0 saturated carbocycles. The normalized spacial score (nSPS) is 12.6. The van der Waals surface area contributed by atoms with E-state index in [1.807, 2.05) is 14.4 Å². The second-order valence-corrected chi connectivity index (χ2v) is 22.3. The summed E-state index contributed by atoms with van der Waals surface area (Å²) in [5, 5.41) is 2.87. The summed E-state index contributed by atoms with van der Waals surface area (Å²) >= 11 is 2.04. The average molecular weight is 980 g/mol. The van der Waals surface area contributed by atoms with E-state index in [4.69, 9.17) is 0 Å². The molecular weight excluding hydrogens is 867 g/mol. The van der Waals surface area contributed by atoms with E-state index in [-0.39, 0.29) is 0 Å². The standard InChI is InChI=1S/C33H46N2.2C16H33.Ni/c1-6-11-14-17-29-24-32(30-20-25(9-4)18-27(22-30)15-12-7-2)35(34)33(29)31-21-26(10-5)19-28(23-31)16-13-8-3;2*1-3-5-7-9-11-13-15-16-14-12-10-8-6-4-2;/h18-24H,6-17H2,1-5H3;2*1,3-16H2,2H3;. The summed E-state index contributed by atoms with van der Waals surface area (Å²) in [5.74, 6) is 0. The van der Waals surface area contributed by atoms with Gasteiger partial charge in [-0.2, -0.15) is 0 Å². The Kier molecular flexibility index (Phi) is 40.0. The van der Waals surface area contributed by atoms with Gasteiger partial charge in [0.2, 0.25) is 11.4 Å². The second kappa shape index (κ2) is 43.8. The summed E-state index contributed by atoms with van der Waals surface area (Å²) < 4.78 is 1.50. The SMILES string of the molecule is CCCCCC1=C(c2cc(CC)cc(CCCC)c2)[N+](=[N-])C(c2cc(CC)cc(CCCC)c2)=C1.CCCCCCCCCCCCCCC[CH2][Ni][CH2]CCCCCCCCCCCCCCC. The first-order valence-electron chi connectivity index (χ1n) is 30.1. The molecule has 0 bridgehead atoms. The molecule has 1 aliphatic heterocycles. The maximum atomic E-state index is 11.7. The zero-order valence-corrected chi connectivity index (χ0v) is 47.4. The van der Waals surface area contributed by atoms with Crippen molar-refractivity contribution in [1.29, 1.82) is 0 Å². The summed E-state index contributed by atoms with van der Waals surface area (Å²) in [4.78, 5) is 0. The summed E-state index contributed by atoms with van der Waals surface area (Å²) in [6, 6.07) is 13.9. The van der Waals surface area contributed by atoms with Gasteiger partial charge in [-0.15, -0.1) is 0 Å². The Bertz CT molecular complexity index is 1550. The smallest absolute Gasteiger partial charge is 0.0654 e. The number of unbranched alkanes of at least 4 members (excludes halogenated alkanes) is 30. The molecule has 0 saturated heterocycles. The van der Waals surface area contributed by atoms with Crippen molar-refractivity contribution >= 4 is 11.4 Å². The fourth-order valence-corrected chi connectivity index (χ4v) is 11.1. The van der Waals surface area contributed by atoms with Crippen molar-refractivity contribution in [3.05, 3.63) is 87.0 Å². The zero-order valence-electron chi connectivity index (χ0n) is 46.5. The fraction of sp³-hybridized carbons (Fsp3) is 0.754. The fourth-order valence-electron chi connectivity index (χ4n) is 9.87. The van der Waals surface area contributed by atoms with Crippen LogP contribution in [0, 0.1) is 0 Å². The van der Waals surface area contributed by atoms with Gasteiger partial charge in [0.15, 0.2) is 0 Å². The van der Waals surface area contributed by atoms with Crippen molar-refractivity contribution in [2.24, 2.45) is 0 Å². The van der Waals surface area contributed by atoms with Crippen molar-refractivity contribution in [3.8, 4) is 0 Å². The monoisotopic (exact) mass is 979 g/mol. The van der Waals surface area contributed by atoms with Crippen LogP contribution in [0.3, 0.4) is 0 Å². The van der Waals surface area contributed by atoms with Crippen LogP contribution in [0.4, 0.5) is 0 Å².